The maximum absolute atomic E-state index is 5.66. The van der Waals surface area contributed by atoms with Gasteiger partial charge in [0.15, 0.2) is 0 Å². The van der Waals surface area contributed by atoms with E-state index in [1.165, 1.54) is 0 Å². The van der Waals surface area contributed by atoms with Crippen molar-refractivity contribution < 1.29 is 4.52 Å². The Morgan fingerprint density at radius 2 is 2.17 bits per heavy atom. The zero-order valence-corrected chi connectivity index (χ0v) is 11.4. The Kier molecular flexibility index (Phi) is 2.85. The fraction of sp³-hybridized carbons (Fsp3) is 0. The van der Waals surface area contributed by atoms with Gasteiger partial charge in [0.25, 0.3) is 5.89 Å². The Labute approximate surface area is 115 Å². The van der Waals surface area contributed by atoms with Gasteiger partial charge in [0, 0.05) is 12.4 Å². The summed E-state index contributed by atoms with van der Waals surface area (Å²) in [4.78, 5) is 9.25. The van der Waals surface area contributed by atoms with Crippen molar-refractivity contribution in [2.45, 2.75) is 0 Å². The first-order chi connectivity index (χ1) is 8.72. The molecular weight excluding hydrogens is 316 g/mol. The second-order valence-electron chi connectivity index (χ2n) is 3.53. The van der Waals surface area contributed by atoms with Crippen LogP contribution in [0, 0.1) is 0 Å². The smallest absolute Gasteiger partial charge is 0.259 e. The van der Waals surface area contributed by atoms with Crippen molar-refractivity contribution >= 4 is 33.0 Å². The predicted octanol–water partition coefficient (Wildman–Crippen LogP) is 3.20. The molecule has 3 heterocycles. The normalized spacial score (nSPS) is 10.7. The summed E-state index contributed by atoms with van der Waals surface area (Å²) in [7, 11) is 0. The van der Waals surface area contributed by atoms with Crippen LogP contribution in [0.25, 0.3) is 22.2 Å². The van der Waals surface area contributed by atoms with Gasteiger partial charge in [0.1, 0.15) is 0 Å². The summed E-state index contributed by atoms with van der Waals surface area (Å²) in [6.07, 6.45) is 3.20. The topological polar surface area (TPSA) is 77.8 Å². The van der Waals surface area contributed by atoms with Crippen molar-refractivity contribution in [1.82, 2.24) is 15.1 Å². The molecule has 0 atom stereocenters. The summed E-state index contributed by atoms with van der Waals surface area (Å²) < 4.78 is 6.23. The molecule has 0 radical (unpaired) electrons. The molecule has 90 valence electrons. The minimum Gasteiger partial charge on any atom is -0.397 e. The standard InChI is InChI=1S/C11H7BrN4OS/c12-9-2-1-8(18-9)10-15-11(17-16-10)6-3-7(13)5-14-4-6/h1-5H,13H2. The maximum Gasteiger partial charge on any atom is 0.259 e. The van der Waals surface area contributed by atoms with E-state index in [-0.39, 0.29) is 0 Å². The third-order valence-corrected chi connectivity index (χ3v) is 3.85. The predicted molar refractivity (Wildman–Crippen MR) is 73.0 cm³/mol. The molecule has 0 aliphatic heterocycles. The lowest BCUT2D eigenvalue weighted by Crippen LogP contribution is -1.87. The largest absolute Gasteiger partial charge is 0.397 e. The Bertz CT molecular complexity index is 694. The number of nitrogens with zero attached hydrogens (tertiary/aromatic N) is 3. The van der Waals surface area contributed by atoms with E-state index in [2.05, 4.69) is 31.1 Å². The highest BCUT2D eigenvalue weighted by Gasteiger charge is 2.12. The third-order valence-electron chi connectivity index (χ3n) is 2.23. The second-order valence-corrected chi connectivity index (χ2v) is 6.00. The van der Waals surface area contributed by atoms with Crippen LogP contribution in [-0.4, -0.2) is 15.1 Å². The molecule has 0 aliphatic rings. The zero-order chi connectivity index (χ0) is 12.5. The average Bonchev–Trinajstić information content (AvgIpc) is 2.97. The van der Waals surface area contributed by atoms with Crippen LogP contribution in [-0.2, 0) is 0 Å². The van der Waals surface area contributed by atoms with Crippen LogP contribution in [0.5, 0.6) is 0 Å². The van der Waals surface area contributed by atoms with Crippen LogP contribution >= 0.6 is 27.3 Å². The fourth-order valence-corrected chi connectivity index (χ4v) is 2.76. The molecule has 0 saturated heterocycles. The number of anilines is 1. The summed E-state index contributed by atoms with van der Waals surface area (Å²) >= 11 is 4.94. The summed E-state index contributed by atoms with van der Waals surface area (Å²) in [5.74, 6) is 0.970. The monoisotopic (exact) mass is 322 g/mol. The second kappa shape index (κ2) is 4.51. The maximum atomic E-state index is 5.66. The van der Waals surface area contributed by atoms with E-state index in [0.717, 1.165) is 8.66 Å². The number of halogens is 1. The van der Waals surface area contributed by atoms with Crippen molar-refractivity contribution in [2.75, 3.05) is 5.73 Å². The Morgan fingerprint density at radius 3 is 2.89 bits per heavy atom. The molecule has 0 amide bonds. The quantitative estimate of drug-likeness (QED) is 0.783. The summed E-state index contributed by atoms with van der Waals surface area (Å²) in [5, 5.41) is 3.94. The number of nitrogen functional groups attached to an aromatic ring is 1. The molecule has 0 aliphatic carbocycles. The number of aromatic nitrogens is 3. The van der Waals surface area contributed by atoms with E-state index in [9.17, 15) is 0 Å². The lowest BCUT2D eigenvalue weighted by atomic mass is 10.2. The number of rotatable bonds is 2. The van der Waals surface area contributed by atoms with Crippen LogP contribution in [0.1, 0.15) is 0 Å². The number of hydrogen-bond donors (Lipinski definition) is 1. The molecule has 0 bridgehead atoms. The number of nitrogens with two attached hydrogens (primary N) is 1. The summed E-state index contributed by atoms with van der Waals surface area (Å²) in [6, 6.07) is 5.62. The van der Waals surface area contributed by atoms with Crippen LogP contribution < -0.4 is 5.73 Å². The Morgan fingerprint density at radius 1 is 1.28 bits per heavy atom. The van der Waals surface area contributed by atoms with Crippen molar-refractivity contribution in [3.63, 3.8) is 0 Å². The van der Waals surface area contributed by atoms with Crippen LogP contribution in [0.15, 0.2) is 38.9 Å². The van der Waals surface area contributed by atoms with Gasteiger partial charge in [0.05, 0.1) is 19.9 Å². The molecule has 0 saturated carbocycles. The highest BCUT2D eigenvalue weighted by Crippen LogP contribution is 2.30. The first-order valence-corrected chi connectivity index (χ1v) is 6.63. The van der Waals surface area contributed by atoms with Gasteiger partial charge < -0.3 is 10.3 Å². The van der Waals surface area contributed by atoms with Crippen molar-refractivity contribution in [3.05, 3.63) is 34.4 Å². The van der Waals surface area contributed by atoms with Gasteiger partial charge in [-0.25, -0.2) is 0 Å². The van der Waals surface area contributed by atoms with Gasteiger partial charge in [0.2, 0.25) is 5.82 Å². The molecule has 0 spiro atoms. The van der Waals surface area contributed by atoms with Crippen molar-refractivity contribution in [1.29, 1.82) is 0 Å². The van der Waals surface area contributed by atoms with Gasteiger partial charge in [-0.2, -0.15) is 4.98 Å². The Balaban J connectivity index is 1.99. The molecule has 18 heavy (non-hydrogen) atoms. The lowest BCUT2D eigenvalue weighted by Gasteiger charge is -1.94. The van der Waals surface area contributed by atoms with E-state index in [4.69, 9.17) is 10.3 Å². The SMILES string of the molecule is Nc1cncc(-c2nc(-c3ccc(Br)s3)no2)c1. The van der Waals surface area contributed by atoms with E-state index in [1.807, 2.05) is 12.1 Å². The third kappa shape index (κ3) is 2.14. The molecule has 2 N–H and O–H groups in total. The van der Waals surface area contributed by atoms with Crippen molar-refractivity contribution in [3.8, 4) is 22.2 Å². The number of thiophene rings is 1. The number of hydrogen-bond acceptors (Lipinski definition) is 6. The molecule has 0 fully saturated rings. The molecule has 5 nitrogen and oxygen atoms in total. The van der Waals surface area contributed by atoms with E-state index >= 15 is 0 Å². The zero-order valence-electron chi connectivity index (χ0n) is 9.00. The van der Waals surface area contributed by atoms with Crippen LogP contribution in [0.3, 0.4) is 0 Å². The summed E-state index contributed by atoms with van der Waals surface area (Å²) in [5.41, 5.74) is 6.93. The van der Waals surface area contributed by atoms with Crippen LogP contribution in [0.2, 0.25) is 0 Å². The Hall–Kier alpha value is -1.73. The molecule has 7 heteroatoms. The number of pyridine rings is 1. The minimum absolute atomic E-state index is 0.411. The van der Waals surface area contributed by atoms with Crippen molar-refractivity contribution in [2.24, 2.45) is 0 Å². The molecule has 3 aromatic heterocycles. The molecule has 3 aromatic rings. The van der Waals surface area contributed by atoms with Crippen LogP contribution in [0.4, 0.5) is 5.69 Å². The fourth-order valence-electron chi connectivity index (χ4n) is 1.45. The average molecular weight is 323 g/mol. The summed E-state index contributed by atoms with van der Waals surface area (Å²) in [6.45, 7) is 0. The molecule has 3 rings (SSSR count). The van der Waals surface area contributed by atoms with E-state index in [0.29, 0.717) is 23.0 Å². The highest BCUT2D eigenvalue weighted by molar-refractivity contribution is 9.11. The van der Waals surface area contributed by atoms with Gasteiger partial charge in [-0.3, -0.25) is 4.98 Å². The van der Waals surface area contributed by atoms with Gasteiger partial charge in [-0.1, -0.05) is 5.16 Å². The molecule has 0 aromatic carbocycles. The minimum atomic E-state index is 0.411. The molecule has 0 unspecified atom stereocenters. The van der Waals surface area contributed by atoms with E-state index in [1.54, 1.807) is 29.8 Å². The highest BCUT2D eigenvalue weighted by atomic mass is 79.9. The molecular formula is C11H7BrN4OS. The lowest BCUT2D eigenvalue weighted by molar-refractivity contribution is 0.432. The first kappa shape index (κ1) is 11.4. The first-order valence-electron chi connectivity index (χ1n) is 5.03. The van der Waals surface area contributed by atoms with Gasteiger partial charge in [-0.15, -0.1) is 11.3 Å². The van der Waals surface area contributed by atoms with Gasteiger partial charge in [-0.05, 0) is 34.1 Å². The van der Waals surface area contributed by atoms with Gasteiger partial charge >= 0.3 is 0 Å². The van der Waals surface area contributed by atoms with E-state index < -0.39 is 0 Å².